The highest BCUT2D eigenvalue weighted by Gasteiger charge is 2.26. The fourth-order valence-electron chi connectivity index (χ4n) is 4.03. The summed E-state index contributed by atoms with van der Waals surface area (Å²) in [4.78, 5) is 30.7. The fraction of sp³-hybridized carbons (Fsp3) is 0.261. The SMILES string of the molecule is Cc1nc(N2CCN(C(=O)c3cccnc3Nc3cccc(F)c3)CC2)c2cnn(C)c2n1. The molecule has 1 amide bonds. The van der Waals surface area contributed by atoms with Gasteiger partial charge in [0.2, 0.25) is 0 Å². The monoisotopic (exact) mass is 446 g/mol. The van der Waals surface area contributed by atoms with Crippen molar-refractivity contribution < 1.29 is 9.18 Å². The van der Waals surface area contributed by atoms with E-state index in [1.165, 1.54) is 12.1 Å². The maximum atomic E-state index is 13.6. The van der Waals surface area contributed by atoms with Crippen LogP contribution < -0.4 is 10.2 Å². The van der Waals surface area contributed by atoms with Gasteiger partial charge in [0.25, 0.3) is 5.91 Å². The summed E-state index contributed by atoms with van der Waals surface area (Å²) >= 11 is 0. The molecule has 4 aromatic rings. The van der Waals surface area contributed by atoms with Gasteiger partial charge in [0.1, 0.15) is 23.3 Å². The van der Waals surface area contributed by atoms with Crippen molar-refractivity contribution in [1.29, 1.82) is 0 Å². The normalized spacial score (nSPS) is 14.0. The van der Waals surface area contributed by atoms with Crippen molar-refractivity contribution in [1.82, 2.24) is 29.6 Å². The van der Waals surface area contributed by atoms with Gasteiger partial charge in [0, 0.05) is 45.1 Å². The van der Waals surface area contributed by atoms with Crippen molar-refractivity contribution in [3.63, 3.8) is 0 Å². The summed E-state index contributed by atoms with van der Waals surface area (Å²) in [6, 6.07) is 9.53. The minimum atomic E-state index is -0.359. The van der Waals surface area contributed by atoms with Crippen molar-refractivity contribution in [2.24, 2.45) is 7.05 Å². The van der Waals surface area contributed by atoms with Crippen LogP contribution in [0.2, 0.25) is 0 Å². The van der Waals surface area contributed by atoms with Crippen molar-refractivity contribution in [2.75, 3.05) is 36.4 Å². The van der Waals surface area contributed by atoms with Gasteiger partial charge in [-0.05, 0) is 37.3 Å². The predicted octanol–water partition coefficient (Wildman–Crippen LogP) is 2.91. The molecule has 168 valence electrons. The Hall–Kier alpha value is -4.08. The molecule has 9 nitrogen and oxygen atoms in total. The number of pyridine rings is 1. The molecule has 1 saturated heterocycles. The molecule has 0 spiro atoms. The number of halogens is 1. The molecule has 4 heterocycles. The van der Waals surface area contributed by atoms with E-state index >= 15 is 0 Å². The first-order chi connectivity index (χ1) is 16.0. The zero-order valence-corrected chi connectivity index (χ0v) is 18.4. The second kappa shape index (κ2) is 8.45. The van der Waals surface area contributed by atoms with E-state index in [0.717, 1.165) is 16.9 Å². The van der Waals surface area contributed by atoms with Gasteiger partial charge in [-0.2, -0.15) is 5.10 Å². The summed E-state index contributed by atoms with van der Waals surface area (Å²) in [5.41, 5.74) is 1.77. The van der Waals surface area contributed by atoms with Crippen molar-refractivity contribution in [3.05, 3.63) is 66.0 Å². The van der Waals surface area contributed by atoms with E-state index in [0.29, 0.717) is 49.1 Å². The van der Waals surface area contributed by atoms with E-state index in [4.69, 9.17) is 0 Å². The summed E-state index contributed by atoms with van der Waals surface area (Å²) in [7, 11) is 1.86. The van der Waals surface area contributed by atoms with Crippen LogP contribution >= 0.6 is 0 Å². The Morgan fingerprint density at radius 1 is 1.09 bits per heavy atom. The molecular formula is C23H23FN8O. The lowest BCUT2D eigenvalue weighted by molar-refractivity contribution is 0.0747. The van der Waals surface area contributed by atoms with Gasteiger partial charge in [-0.1, -0.05) is 6.07 Å². The molecule has 1 aromatic carbocycles. The number of amides is 1. The topological polar surface area (TPSA) is 92.1 Å². The van der Waals surface area contributed by atoms with Gasteiger partial charge in [-0.15, -0.1) is 0 Å². The molecule has 1 fully saturated rings. The second-order valence-electron chi connectivity index (χ2n) is 7.91. The standard InChI is InChI=1S/C23H23FN8O/c1-15-27-21-19(14-26-30(21)2)22(28-15)31-9-11-32(12-10-31)23(33)18-7-4-8-25-20(18)29-17-6-3-5-16(24)13-17/h3-8,13-14H,9-12H2,1-2H3,(H,25,29). The van der Waals surface area contributed by atoms with E-state index in [2.05, 4.69) is 30.3 Å². The Bertz CT molecular complexity index is 1330. The molecular weight excluding hydrogens is 423 g/mol. The van der Waals surface area contributed by atoms with E-state index in [1.54, 1.807) is 46.2 Å². The average molecular weight is 446 g/mol. The molecule has 10 heteroatoms. The maximum absolute atomic E-state index is 13.6. The van der Waals surface area contributed by atoms with Crippen LogP contribution in [-0.2, 0) is 7.05 Å². The molecule has 0 bridgehead atoms. The molecule has 0 aliphatic carbocycles. The van der Waals surface area contributed by atoms with Crippen LogP contribution in [0.25, 0.3) is 11.0 Å². The van der Waals surface area contributed by atoms with Gasteiger partial charge in [-0.3, -0.25) is 9.48 Å². The van der Waals surface area contributed by atoms with Gasteiger partial charge in [0.05, 0.1) is 17.1 Å². The average Bonchev–Trinajstić information content (AvgIpc) is 3.19. The first-order valence-electron chi connectivity index (χ1n) is 10.7. The summed E-state index contributed by atoms with van der Waals surface area (Å²) in [5.74, 6) is 1.45. The number of rotatable bonds is 4. The number of nitrogens with one attached hydrogen (secondary N) is 1. The maximum Gasteiger partial charge on any atom is 0.257 e. The Morgan fingerprint density at radius 3 is 2.70 bits per heavy atom. The number of anilines is 3. The van der Waals surface area contributed by atoms with Crippen LogP contribution in [0.4, 0.5) is 21.7 Å². The Morgan fingerprint density at radius 2 is 1.91 bits per heavy atom. The molecule has 0 saturated carbocycles. The number of piperazine rings is 1. The van der Waals surface area contributed by atoms with Crippen LogP contribution in [0, 0.1) is 12.7 Å². The van der Waals surface area contributed by atoms with E-state index in [9.17, 15) is 9.18 Å². The third kappa shape index (κ3) is 4.07. The van der Waals surface area contributed by atoms with Crippen molar-refractivity contribution in [2.45, 2.75) is 6.92 Å². The van der Waals surface area contributed by atoms with Crippen LogP contribution in [-0.4, -0.2) is 61.7 Å². The molecule has 1 aliphatic rings. The van der Waals surface area contributed by atoms with Crippen molar-refractivity contribution >= 4 is 34.3 Å². The zero-order chi connectivity index (χ0) is 22.9. The molecule has 5 rings (SSSR count). The summed E-state index contributed by atoms with van der Waals surface area (Å²) < 4.78 is 15.3. The first kappa shape index (κ1) is 20.8. The van der Waals surface area contributed by atoms with E-state index in [-0.39, 0.29) is 11.7 Å². The fourth-order valence-corrected chi connectivity index (χ4v) is 4.03. The van der Waals surface area contributed by atoms with Crippen molar-refractivity contribution in [3.8, 4) is 0 Å². The molecule has 1 aliphatic heterocycles. The molecule has 0 atom stereocenters. The number of fused-ring (bicyclic) bond motifs is 1. The van der Waals surface area contributed by atoms with Gasteiger partial charge in [-0.25, -0.2) is 19.3 Å². The second-order valence-corrected chi connectivity index (χ2v) is 7.91. The third-order valence-corrected chi connectivity index (χ3v) is 5.68. The number of carbonyl (C=O) groups is 1. The first-order valence-corrected chi connectivity index (χ1v) is 10.7. The quantitative estimate of drug-likeness (QED) is 0.515. The van der Waals surface area contributed by atoms with E-state index in [1.807, 2.05) is 14.0 Å². The number of hydrogen-bond donors (Lipinski definition) is 1. The van der Waals surface area contributed by atoms with Crippen LogP contribution in [0.3, 0.4) is 0 Å². The zero-order valence-electron chi connectivity index (χ0n) is 18.4. The summed E-state index contributed by atoms with van der Waals surface area (Å²) in [6.07, 6.45) is 3.38. The third-order valence-electron chi connectivity index (χ3n) is 5.68. The number of nitrogens with zero attached hydrogens (tertiary/aromatic N) is 7. The Balaban J connectivity index is 1.33. The van der Waals surface area contributed by atoms with E-state index < -0.39 is 0 Å². The van der Waals surface area contributed by atoms with Gasteiger partial charge < -0.3 is 15.1 Å². The Kier molecular flexibility index (Phi) is 5.33. The number of aromatic nitrogens is 5. The van der Waals surface area contributed by atoms with Crippen LogP contribution in [0.5, 0.6) is 0 Å². The lowest BCUT2D eigenvalue weighted by Crippen LogP contribution is -2.49. The van der Waals surface area contributed by atoms with Crippen LogP contribution in [0.15, 0.2) is 48.8 Å². The molecule has 0 unspecified atom stereocenters. The highest BCUT2D eigenvalue weighted by atomic mass is 19.1. The minimum Gasteiger partial charge on any atom is -0.352 e. The number of benzene rings is 1. The molecule has 3 aromatic heterocycles. The number of aryl methyl sites for hydroxylation is 2. The smallest absolute Gasteiger partial charge is 0.257 e. The number of carbonyl (C=O) groups excluding carboxylic acids is 1. The lowest BCUT2D eigenvalue weighted by atomic mass is 10.2. The minimum absolute atomic E-state index is 0.118. The van der Waals surface area contributed by atoms with Gasteiger partial charge >= 0.3 is 0 Å². The summed E-state index contributed by atoms with van der Waals surface area (Å²) in [5, 5.41) is 8.27. The van der Waals surface area contributed by atoms with Gasteiger partial charge in [0.15, 0.2) is 5.65 Å². The Labute approximate surface area is 189 Å². The number of hydrogen-bond acceptors (Lipinski definition) is 7. The largest absolute Gasteiger partial charge is 0.352 e. The molecule has 0 radical (unpaired) electrons. The van der Waals surface area contributed by atoms with Crippen LogP contribution in [0.1, 0.15) is 16.2 Å². The molecule has 1 N–H and O–H groups in total. The highest BCUT2D eigenvalue weighted by Crippen LogP contribution is 2.26. The molecule has 33 heavy (non-hydrogen) atoms. The predicted molar refractivity (Wildman–Crippen MR) is 123 cm³/mol. The summed E-state index contributed by atoms with van der Waals surface area (Å²) in [6.45, 7) is 4.22. The highest BCUT2D eigenvalue weighted by molar-refractivity contribution is 5.99. The lowest BCUT2D eigenvalue weighted by Gasteiger charge is -2.35.